The number of thiophene rings is 1. The van der Waals surface area contributed by atoms with Gasteiger partial charge in [0.2, 0.25) is 0 Å². The quantitative estimate of drug-likeness (QED) is 0.863. The van der Waals surface area contributed by atoms with Gasteiger partial charge in [-0.15, -0.1) is 11.3 Å². The van der Waals surface area contributed by atoms with Crippen molar-refractivity contribution in [1.82, 2.24) is 0 Å². The average Bonchev–Trinajstić information content (AvgIpc) is 2.81. The Morgan fingerprint density at radius 1 is 1.29 bits per heavy atom. The standard InChI is InChI=1S/C14H16FNS/c1-3-12(16)14-8-7-13(17-14)10-5-4-6-11(15)9(10)2/h4-8,12H,3,16H2,1-2H3. The van der Waals surface area contributed by atoms with Crippen molar-refractivity contribution in [2.24, 2.45) is 5.73 Å². The summed E-state index contributed by atoms with van der Waals surface area (Å²) in [5, 5.41) is 0. The van der Waals surface area contributed by atoms with Crippen molar-refractivity contribution in [3.8, 4) is 10.4 Å². The molecule has 1 aromatic heterocycles. The summed E-state index contributed by atoms with van der Waals surface area (Å²) in [7, 11) is 0. The zero-order valence-corrected chi connectivity index (χ0v) is 10.9. The van der Waals surface area contributed by atoms with E-state index in [9.17, 15) is 4.39 Å². The maximum atomic E-state index is 13.5. The van der Waals surface area contributed by atoms with Crippen LogP contribution in [-0.2, 0) is 0 Å². The van der Waals surface area contributed by atoms with E-state index >= 15 is 0 Å². The summed E-state index contributed by atoms with van der Waals surface area (Å²) < 4.78 is 13.5. The fourth-order valence-corrected chi connectivity index (χ4v) is 2.95. The minimum Gasteiger partial charge on any atom is -0.323 e. The van der Waals surface area contributed by atoms with Crippen LogP contribution in [0, 0.1) is 12.7 Å². The Morgan fingerprint density at radius 2 is 2.06 bits per heavy atom. The second-order valence-corrected chi connectivity index (χ2v) is 5.24. The van der Waals surface area contributed by atoms with E-state index in [4.69, 9.17) is 5.73 Å². The first-order chi connectivity index (χ1) is 8.13. The van der Waals surface area contributed by atoms with E-state index in [0.29, 0.717) is 5.56 Å². The van der Waals surface area contributed by atoms with Crippen molar-refractivity contribution in [2.45, 2.75) is 26.3 Å². The molecule has 1 nitrogen and oxygen atoms in total. The van der Waals surface area contributed by atoms with Gasteiger partial charge in [0.15, 0.2) is 0 Å². The van der Waals surface area contributed by atoms with Crippen LogP contribution >= 0.6 is 11.3 Å². The molecule has 17 heavy (non-hydrogen) atoms. The number of nitrogens with two attached hydrogens (primary N) is 1. The van der Waals surface area contributed by atoms with Gasteiger partial charge in [-0.05, 0) is 42.7 Å². The van der Waals surface area contributed by atoms with Crippen LogP contribution in [0.1, 0.15) is 29.8 Å². The molecule has 2 N–H and O–H groups in total. The third-order valence-corrected chi connectivity index (χ3v) is 4.22. The molecule has 0 saturated heterocycles. The highest BCUT2D eigenvalue weighted by Crippen LogP contribution is 2.33. The van der Waals surface area contributed by atoms with Crippen LogP contribution in [0.25, 0.3) is 10.4 Å². The first kappa shape index (κ1) is 12.3. The van der Waals surface area contributed by atoms with Crippen LogP contribution in [0.3, 0.4) is 0 Å². The lowest BCUT2D eigenvalue weighted by Crippen LogP contribution is -2.05. The smallest absolute Gasteiger partial charge is 0.126 e. The van der Waals surface area contributed by atoms with Crippen LogP contribution < -0.4 is 5.73 Å². The van der Waals surface area contributed by atoms with E-state index < -0.39 is 0 Å². The topological polar surface area (TPSA) is 26.0 Å². The molecule has 0 aliphatic rings. The van der Waals surface area contributed by atoms with Gasteiger partial charge in [-0.25, -0.2) is 4.39 Å². The number of hydrogen-bond donors (Lipinski definition) is 1. The van der Waals surface area contributed by atoms with Gasteiger partial charge in [-0.3, -0.25) is 0 Å². The van der Waals surface area contributed by atoms with Crippen molar-refractivity contribution in [1.29, 1.82) is 0 Å². The monoisotopic (exact) mass is 249 g/mol. The van der Waals surface area contributed by atoms with Crippen molar-refractivity contribution in [2.75, 3.05) is 0 Å². The summed E-state index contributed by atoms with van der Waals surface area (Å²) in [6, 6.07) is 9.34. The Morgan fingerprint density at radius 3 is 2.76 bits per heavy atom. The van der Waals surface area contributed by atoms with Crippen molar-refractivity contribution >= 4 is 11.3 Å². The second kappa shape index (κ2) is 4.98. The average molecular weight is 249 g/mol. The molecule has 0 spiro atoms. The molecule has 1 atom stereocenters. The lowest BCUT2D eigenvalue weighted by atomic mass is 10.1. The molecule has 0 radical (unpaired) electrons. The van der Waals surface area contributed by atoms with Gasteiger partial charge in [0, 0.05) is 15.8 Å². The Hall–Kier alpha value is -1.19. The fourth-order valence-electron chi connectivity index (χ4n) is 1.77. The molecule has 2 rings (SSSR count). The lowest BCUT2D eigenvalue weighted by molar-refractivity contribution is 0.619. The van der Waals surface area contributed by atoms with Crippen LogP contribution in [0.5, 0.6) is 0 Å². The largest absolute Gasteiger partial charge is 0.323 e. The Kier molecular flexibility index (Phi) is 3.60. The summed E-state index contributed by atoms with van der Waals surface area (Å²) in [6.07, 6.45) is 0.919. The molecule has 3 heteroatoms. The molecule has 0 saturated carbocycles. The van der Waals surface area contributed by atoms with Crippen LogP contribution in [-0.4, -0.2) is 0 Å². The molecule has 0 aliphatic carbocycles. The number of rotatable bonds is 3. The Bertz CT molecular complexity index is 519. The number of benzene rings is 1. The molecular weight excluding hydrogens is 233 g/mol. The predicted octanol–water partition coefficient (Wildman–Crippen LogP) is 4.27. The molecule has 1 aromatic carbocycles. The van der Waals surface area contributed by atoms with Crippen LogP contribution in [0.2, 0.25) is 0 Å². The maximum Gasteiger partial charge on any atom is 0.126 e. The van der Waals surface area contributed by atoms with Gasteiger partial charge >= 0.3 is 0 Å². The van der Waals surface area contributed by atoms with E-state index in [1.165, 1.54) is 6.07 Å². The maximum absolute atomic E-state index is 13.5. The highest BCUT2D eigenvalue weighted by Gasteiger charge is 2.11. The van der Waals surface area contributed by atoms with Crippen LogP contribution in [0.15, 0.2) is 30.3 Å². The van der Waals surface area contributed by atoms with E-state index in [1.807, 2.05) is 25.1 Å². The Labute approximate surface area is 105 Å². The second-order valence-electron chi connectivity index (χ2n) is 4.13. The number of hydrogen-bond acceptors (Lipinski definition) is 2. The van der Waals surface area contributed by atoms with Gasteiger partial charge in [0.25, 0.3) is 0 Å². The van der Waals surface area contributed by atoms with E-state index in [1.54, 1.807) is 17.4 Å². The fraction of sp³-hybridized carbons (Fsp3) is 0.286. The normalized spacial score (nSPS) is 12.7. The van der Waals surface area contributed by atoms with Gasteiger partial charge in [-0.2, -0.15) is 0 Å². The summed E-state index contributed by atoms with van der Waals surface area (Å²) in [5.74, 6) is -0.155. The molecule has 90 valence electrons. The van der Waals surface area contributed by atoms with Crippen molar-refractivity contribution in [3.05, 3.63) is 46.6 Å². The third-order valence-electron chi connectivity index (χ3n) is 2.97. The highest BCUT2D eigenvalue weighted by atomic mass is 32.1. The van der Waals surface area contributed by atoms with Gasteiger partial charge in [0.05, 0.1) is 0 Å². The molecule has 0 amide bonds. The highest BCUT2D eigenvalue weighted by molar-refractivity contribution is 7.15. The lowest BCUT2D eigenvalue weighted by Gasteiger charge is -2.05. The number of halogens is 1. The zero-order valence-electron chi connectivity index (χ0n) is 10.0. The van der Waals surface area contributed by atoms with Crippen molar-refractivity contribution in [3.63, 3.8) is 0 Å². The minimum atomic E-state index is -0.155. The van der Waals surface area contributed by atoms with E-state index in [-0.39, 0.29) is 11.9 Å². The first-order valence-corrected chi connectivity index (χ1v) is 6.56. The molecule has 0 bridgehead atoms. The molecule has 0 aliphatic heterocycles. The Balaban J connectivity index is 2.40. The van der Waals surface area contributed by atoms with Gasteiger partial charge in [-0.1, -0.05) is 19.1 Å². The molecule has 2 aromatic rings. The van der Waals surface area contributed by atoms with Gasteiger partial charge < -0.3 is 5.73 Å². The summed E-state index contributed by atoms with van der Waals surface area (Å²) in [4.78, 5) is 2.24. The molecular formula is C14H16FNS. The van der Waals surface area contributed by atoms with Crippen molar-refractivity contribution < 1.29 is 4.39 Å². The predicted molar refractivity (Wildman–Crippen MR) is 71.7 cm³/mol. The zero-order chi connectivity index (χ0) is 12.4. The SMILES string of the molecule is CCC(N)c1ccc(-c2cccc(F)c2C)s1. The van der Waals surface area contributed by atoms with Gasteiger partial charge in [0.1, 0.15) is 5.82 Å². The first-order valence-electron chi connectivity index (χ1n) is 5.74. The van der Waals surface area contributed by atoms with Crippen LogP contribution in [0.4, 0.5) is 4.39 Å². The third kappa shape index (κ3) is 2.40. The van der Waals surface area contributed by atoms with E-state index in [0.717, 1.165) is 21.7 Å². The van der Waals surface area contributed by atoms with E-state index in [2.05, 4.69) is 6.92 Å². The summed E-state index contributed by atoms with van der Waals surface area (Å²) >= 11 is 1.65. The summed E-state index contributed by atoms with van der Waals surface area (Å²) in [6.45, 7) is 3.88. The minimum absolute atomic E-state index is 0.0858. The molecule has 1 heterocycles. The molecule has 1 unspecified atom stereocenters. The molecule has 0 fully saturated rings. The summed E-state index contributed by atoms with van der Waals surface area (Å²) in [5.41, 5.74) is 7.65.